The minimum atomic E-state index is -1.07. The molecule has 0 unspecified atom stereocenters. The molecule has 1 aliphatic rings. The van der Waals surface area contributed by atoms with Crippen LogP contribution in [0.5, 0.6) is 0 Å². The largest absolute Gasteiger partial charge is 0.392 e. The fraction of sp³-hybridized carbons (Fsp3) is 0.350. The molecule has 2 aromatic carbocycles. The van der Waals surface area contributed by atoms with Crippen molar-refractivity contribution in [2.45, 2.75) is 20.1 Å². The zero-order chi connectivity index (χ0) is 18.7. The minimum absolute atomic E-state index is 0.00705. The molecule has 0 spiro atoms. The molecule has 6 heteroatoms. The summed E-state index contributed by atoms with van der Waals surface area (Å²) in [5, 5.41) is 9.42. The first-order valence-corrected chi connectivity index (χ1v) is 8.65. The number of aliphatic hydroxyl groups excluding tert-OH is 1. The van der Waals surface area contributed by atoms with Gasteiger partial charge in [0.1, 0.15) is 0 Å². The molecule has 138 valence electrons. The number of hydrogen-bond acceptors (Lipinski definition) is 3. The fourth-order valence-electron chi connectivity index (χ4n) is 3.20. The van der Waals surface area contributed by atoms with E-state index in [1.54, 1.807) is 4.90 Å². The molecule has 1 N–H and O–H groups in total. The molecule has 0 aromatic heterocycles. The first-order chi connectivity index (χ1) is 12.5. The Morgan fingerprint density at radius 3 is 2.31 bits per heavy atom. The van der Waals surface area contributed by atoms with Crippen LogP contribution in [0.3, 0.4) is 0 Å². The van der Waals surface area contributed by atoms with Crippen molar-refractivity contribution in [1.29, 1.82) is 0 Å². The quantitative estimate of drug-likeness (QED) is 0.912. The molecule has 2 aromatic rings. The maximum Gasteiger partial charge on any atom is 0.257 e. The monoisotopic (exact) mass is 360 g/mol. The van der Waals surface area contributed by atoms with Gasteiger partial charge >= 0.3 is 0 Å². The lowest BCUT2D eigenvalue weighted by Gasteiger charge is -2.35. The SMILES string of the molecule is Cc1ccc(C(=O)N2CCN(Cc3ccccc3CO)CC2)c(F)c1F. The smallest absolute Gasteiger partial charge is 0.257 e. The molecular formula is C20H22F2N2O2. The summed E-state index contributed by atoms with van der Waals surface area (Å²) in [5.74, 6) is -2.51. The van der Waals surface area contributed by atoms with E-state index in [1.165, 1.54) is 19.1 Å². The Kier molecular flexibility index (Phi) is 5.64. The molecule has 0 saturated carbocycles. The normalized spacial score (nSPS) is 15.3. The molecule has 0 atom stereocenters. The van der Waals surface area contributed by atoms with Gasteiger partial charge in [0.05, 0.1) is 12.2 Å². The molecule has 0 aliphatic carbocycles. The van der Waals surface area contributed by atoms with Gasteiger partial charge in [-0.25, -0.2) is 8.78 Å². The van der Waals surface area contributed by atoms with Crippen LogP contribution in [-0.4, -0.2) is 47.0 Å². The highest BCUT2D eigenvalue weighted by atomic mass is 19.2. The van der Waals surface area contributed by atoms with E-state index in [4.69, 9.17) is 0 Å². The van der Waals surface area contributed by atoms with Crippen LogP contribution in [0.4, 0.5) is 8.78 Å². The maximum absolute atomic E-state index is 14.1. The van der Waals surface area contributed by atoms with E-state index >= 15 is 0 Å². The summed E-state index contributed by atoms with van der Waals surface area (Å²) < 4.78 is 27.8. The van der Waals surface area contributed by atoms with Gasteiger partial charge in [-0.1, -0.05) is 30.3 Å². The van der Waals surface area contributed by atoms with Crippen molar-refractivity contribution < 1.29 is 18.7 Å². The second-order valence-corrected chi connectivity index (χ2v) is 6.55. The van der Waals surface area contributed by atoms with Crippen LogP contribution in [0, 0.1) is 18.6 Å². The molecule has 3 rings (SSSR count). The first kappa shape index (κ1) is 18.5. The highest BCUT2D eigenvalue weighted by molar-refractivity contribution is 5.94. The van der Waals surface area contributed by atoms with Crippen molar-refractivity contribution in [3.05, 3.63) is 70.3 Å². The Hall–Kier alpha value is -2.31. The van der Waals surface area contributed by atoms with Crippen molar-refractivity contribution in [2.24, 2.45) is 0 Å². The average Bonchev–Trinajstić information content (AvgIpc) is 2.67. The number of amides is 1. The van der Waals surface area contributed by atoms with Crippen molar-refractivity contribution >= 4 is 5.91 Å². The second-order valence-electron chi connectivity index (χ2n) is 6.55. The molecule has 0 bridgehead atoms. The summed E-state index contributed by atoms with van der Waals surface area (Å²) >= 11 is 0. The third-order valence-corrected chi connectivity index (χ3v) is 4.85. The Bertz CT molecular complexity index is 802. The summed E-state index contributed by atoms with van der Waals surface area (Å²) in [4.78, 5) is 16.3. The van der Waals surface area contributed by atoms with Crippen LogP contribution in [0.1, 0.15) is 27.0 Å². The number of aliphatic hydroxyl groups is 1. The minimum Gasteiger partial charge on any atom is -0.392 e. The van der Waals surface area contributed by atoms with Gasteiger partial charge in [-0.15, -0.1) is 0 Å². The number of rotatable bonds is 4. The van der Waals surface area contributed by atoms with Crippen LogP contribution >= 0.6 is 0 Å². The number of carbonyl (C=O) groups excluding carboxylic acids is 1. The van der Waals surface area contributed by atoms with Crippen LogP contribution in [-0.2, 0) is 13.2 Å². The van der Waals surface area contributed by atoms with E-state index in [0.29, 0.717) is 32.7 Å². The van der Waals surface area contributed by atoms with Crippen molar-refractivity contribution in [3.63, 3.8) is 0 Å². The van der Waals surface area contributed by atoms with Crippen LogP contribution in [0.25, 0.3) is 0 Å². The molecule has 4 nitrogen and oxygen atoms in total. The van der Waals surface area contributed by atoms with Crippen molar-refractivity contribution in [1.82, 2.24) is 9.80 Å². The molecular weight excluding hydrogens is 338 g/mol. The number of halogens is 2. The molecule has 1 fully saturated rings. The van der Waals surface area contributed by atoms with Gasteiger partial charge in [-0.05, 0) is 29.7 Å². The van der Waals surface area contributed by atoms with E-state index in [-0.39, 0.29) is 17.7 Å². The topological polar surface area (TPSA) is 43.8 Å². The molecule has 1 aliphatic heterocycles. The van der Waals surface area contributed by atoms with Crippen molar-refractivity contribution in [3.8, 4) is 0 Å². The van der Waals surface area contributed by atoms with Gasteiger partial charge in [0.15, 0.2) is 11.6 Å². The molecule has 1 heterocycles. The van der Waals surface area contributed by atoms with Gasteiger partial charge in [0, 0.05) is 32.7 Å². The third kappa shape index (κ3) is 3.76. The summed E-state index contributed by atoms with van der Waals surface area (Å²) in [6.45, 7) is 4.34. The zero-order valence-electron chi connectivity index (χ0n) is 14.7. The Balaban J connectivity index is 1.63. The first-order valence-electron chi connectivity index (χ1n) is 8.65. The van der Waals surface area contributed by atoms with E-state index in [2.05, 4.69) is 4.90 Å². The summed E-state index contributed by atoms with van der Waals surface area (Å²) in [5.41, 5.74) is 1.92. The van der Waals surface area contributed by atoms with Crippen LogP contribution in [0.2, 0.25) is 0 Å². The maximum atomic E-state index is 14.1. The van der Waals surface area contributed by atoms with E-state index in [0.717, 1.165) is 11.1 Å². The summed E-state index contributed by atoms with van der Waals surface area (Å²) in [7, 11) is 0. The number of benzene rings is 2. The van der Waals surface area contributed by atoms with E-state index in [9.17, 15) is 18.7 Å². The van der Waals surface area contributed by atoms with Gasteiger partial charge < -0.3 is 10.0 Å². The lowest BCUT2D eigenvalue weighted by Crippen LogP contribution is -2.48. The second kappa shape index (κ2) is 7.93. The number of aryl methyl sites for hydroxylation is 1. The van der Waals surface area contributed by atoms with Crippen molar-refractivity contribution in [2.75, 3.05) is 26.2 Å². The number of nitrogens with zero attached hydrogens (tertiary/aromatic N) is 2. The van der Waals surface area contributed by atoms with Gasteiger partial charge in [0.2, 0.25) is 0 Å². The predicted octanol–water partition coefficient (Wildman–Crippen LogP) is 2.72. The lowest BCUT2D eigenvalue weighted by molar-refractivity contribution is 0.0622. The predicted molar refractivity (Wildman–Crippen MR) is 94.6 cm³/mol. The van der Waals surface area contributed by atoms with Crippen LogP contribution in [0.15, 0.2) is 36.4 Å². The summed E-state index contributed by atoms with van der Waals surface area (Å²) in [6, 6.07) is 10.5. The highest BCUT2D eigenvalue weighted by Gasteiger charge is 2.26. The number of carbonyl (C=O) groups is 1. The molecule has 26 heavy (non-hydrogen) atoms. The number of hydrogen-bond donors (Lipinski definition) is 1. The highest BCUT2D eigenvalue weighted by Crippen LogP contribution is 2.19. The Labute approximate surface area is 151 Å². The third-order valence-electron chi connectivity index (χ3n) is 4.85. The fourth-order valence-corrected chi connectivity index (χ4v) is 3.20. The molecule has 0 radical (unpaired) electrons. The Morgan fingerprint density at radius 2 is 1.65 bits per heavy atom. The Morgan fingerprint density at radius 1 is 1.00 bits per heavy atom. The summed E-state index contributed by atoms with van der Waals surface area (Å²) in [6.07, 6.45) is 0. The lowest BCUT2D eigenvalue weighted by atomic mass is 10.1. The zero-order valence-corrected chi connectivity index (χ0v) is 14.7. The average molecular weight is 360 g/mol. The molecule has 1 amide bonds. The molecule has 1 saturated heterocycles. The number of piperazine rings is 1. The van der Waals surface area contributed by atoms with Gasteiger partial charge in [0.25, 0.3) is 5.91 Å². The van der Waals surface area contributed by atoms with E-state index < -0.39 is 17.5 Å². The van der Waals surface area contributed by atoms with Gasteiger partial charge in [-0.2, -0.15) is 0 Å². The van der Waals surface area contributed by atoms with Gasteiger partial charge in [-0.3, -0.25) is 9.69 Å². The van der Waals surface area contributed by atoms with E-state index in [1.807, 2.05) is 24.3 Å². The van der Waals surface area contributed by atoms with Crippen LogP contribution < -0.4 is 0 Å². The standard InChI is InChI=1S/C20H22F2N2O2/c1-14-6-7-17(19(22)18(14)21)20(26)24-10-8-23(9-11-24)12-15-4-2-3-5-16(15)13-25/h2-7,25H,8-13H2,1H3.